The fourth-order valence-electron chi connectivity index (χ4n) is 1.95. The fraction of sp³-hybridized carbons (Fsp3) is 0.562. The molecule has 5 heteroatoms. The number of carboxylic acid groups (broad SMARTS) is 1. The van der Waals surface area contributed by atoms with E-state index < -0.39 is 5.97 Å². The highest BCUT2D eigenvalue weighted by atomic mass is 16.5. The number of methoxy groups -OCH3 is 2. The van der Waals surface area contributed by atoms with Crippen LogP contribution in [0.3, 0.4) is 0 Å². The zero-order valence-corrected chi connectivity index (χ0v) is 12.9. The van der Waals surface area contributed by atoms with Gasteiger partial charge in [-0.15, -0.1) is 0 Å². The van der Waals surface area contributed by atoms with E-state index in [2.05, 4.69) is 0 Å². The Morgan fingerprint density at radius 3 is 2.57 bits per heavy atom. The van der Waals surface area contributed by atoms with Gasteiger partial charge in [-0.1, -0.05) is 6.07 Å². The van der Waals surface area contributed by atoms with Crippen molar-refractivity contribution in [3.05, 3.63) is 29.8 Å². The van der Waals surface area contributed by atoms with Gasteiger partial charge in [0.05, 0.1) is 24.4 Å². The lowest BCUT2D eigenvalue weighted by atomic mass is 10.1. The number of hydrogen-bond donors (Lipinski definition) is 1. The van der Waals surface area contributed by atoms with E-state index in [4.69, 9.17) is 19.3 Å². The summed E-state index contributed by atoms with van der Waals surface area (Å²) in [6.07, 6.45) is 2.93. The third-order valence-electron chi connectivity index (χ3n) is 3.42. The molecule has 5 nitrogen and oxygen atoms in total. The normalized spacial score (nSPS) is 13.7. The van der Waals surface area contributed by atoms with Crippen LogP contribution in [-0.2, 0) is 9.47 Å². The largest absolute Gasteiger partial charge is 0.493 e. The SMILES string of the molecule is COC(C)CCC(CCOc1cccc(C(=O)O)c1)OC. The minimum Gasteiger partial charge on any atom is -0.493 e. The van der Waals surface area contributed by atoms with Gasteiger partial charge in [-0.25, -0.2) is 4.79 Å². The highest BCUT2D eigenvalue weighted by Crippen LogP contribution is 2.15. The molecule has 0 heterocycles. The van der Waals surface area contributed by atoms with Crippen molar-refractivity contribution in [2.75, 3.05) is 20.8 Å². The maximum atomic E-state index is 10.9. The van der Waals surface area contributed by atoms with Crippen LogP contribution in [-0.4, -0.2) is 44.1 Å². The molecule has 1 aromatic rings. The number of hydrogen-bond acceptors (Lipinski definition) is 4. The summed E-state index contributed by atoms with van der Waals surface area (Å²) >= 11 is 0. The van der Waals surface area contributed by atoms with E-state index in [9.17, 15) is 4.79 Å². The number of aromatic carboxylic acids is 1. The summed E-state index contributed by atoms with van der Waals surface area (Å²) in [5.74, 6) is -0.390. The summed E-state index contributed by atoms with van der Waals surface area (Å²) in [6, 6.07) is 6.49. The Balaban J connectivity index is 2.37. The van der Waals surface area contributed by atoms with E-state index >= 15 is 0 Å². The second-order valence-corrected chi connectivity index (χ2v) is 4.95. The van der Waals surface area contributed by atoms with E-state index in [1.807, 2.05) is 6.92 Å². The summed E-state index contributed by atoms with van der Waals surface area (Å²) in [5, 5.41) is 8.92. The van der Waals surface area contributed by atoms with Crippen molar-refractivity contribution < 1.29 is 24.1 Å². The molecule has 0 amide bonds. The fourth-order valence-corrected chi connectivity index (χ4v) is 1.95. The highest BCUT2D eigenvalue weighted by molar-refractivity contribution is 5.87. The van der Waals surface area contributed by atoms with E-state index in [0.29, 0.717) is 12.4 Å². The first kappa shape index (κ1) is 17.5. The molecule has 1 aromatic carbocycles. The highest BCUT2D eigenvalue weighted by Gasteiger charge is 2.11. The zero-order valence-electron chi connectivity index (χ0n) is 12.9. The standard InChI is InChI=1S/C16H24O5/c1-12(19-2)7-8-14(20-3)9-10-21-15-6-4-5-13(11-15)16(17)18/h4-6,11-12,14H,7-10H2,1-3H3,(H,17,18). The third-order valence-corrected chi connectivity index (χ3v) is 3.42. The molecule has 0 aliphatic carbocycles. The molecule has 2 atom stereocenters. The lowest BCUT2D eigenvalue weighted by Gasteiger charge is -2.17. The molecular weight excluding hydrogens is 272 g/mol. The Hall–Kier alpha value is -1.59. The molecule has 0 spiro atoms. The minimum atomic E-state index is -0.955. The number of ether oxygens (including phenoxy) is 3. The monoisotopic (exact) mass is 296 g/mol. The van der Waals surface area contributed by atoms with Gasteiger partial charge in [0.25, 0.3) is 0 Å². The van der Waals surface area contributed by atoms with Crippen molar-refractivity contribution in [1.82, 2.24) is 0 Å². The molecule has 1 rings (SSSR count). The summed E-state index contributed by atoms with van der Waals surface area (Å²) in [4.78, 5) is 10.9. The van der Waals surface area contributed by atoms with E-state index in [0.717, 1.165) is 19.3 Å². The summed E-state index contributed by atoms with van der Waals surface area (Å²) in [5.41, 5.74) is 0.227. The summed E-state index contributed by atoms with van der Waals surface area (Å²) in [6.45, 7) is 2.52. The van der Waals surface area contributed by atoms with Gasteiger partial charge in [0.1, 0.15) is 5.75 Å². The lowest BCUT2D eigenvalue weighted by molar-refractivity contribution is 0.0490. The molecule has 0 saturated heterocycles. The van der Waals surface area contributed by atoms with Crippen molar-refractivity contribution in [3.8, 4) is 5.75 Å². The predicted octanol–water partition coefficient (Wildman–Crippen LogP) is 2.98. The van der Waals surface area contributed by atoms with Crippen LogP contribution in [0.25, 0.3) is 0 Å². The van der Waals surface area contributed by atoms with Crippen LogP contribution < -0.4 is 4.74 Å². The van der Waals surface area contributed by atoms with Crippen LogP contribution in [0, 0.1) is 0 Å². The molecule has 0 aromatic heterocycles. The molecule has 0 aliphatic rings. The molecule has 0 radical (unpaired) electrons. The number of benzene rings is 1. The first-order valence-corrected chi connectivity index (χ1v) is 7.08. The topological polar surface area (TPSA) is 65.0 Å². The van der Waals surface area contributed by atoms with E-state index in [1.54, 1.807) is 32.4 Å². The zero-order chi connectivity index (χ0) is 15.7. The number of rotatable bonds is 10. The first-order valence-electron chi connectivity index (χ1n) is 7.08. The number of carbonyl (C=O) groups is 1. The molecule has 0 bridgehead atoms. The van der Waals surface area contributed by atoms with Crippen molar-refractivity contribution in [1.29, 1.82) is 0 Å². The van der Waals surface area contributed by atoms with Crippen molar-refractivity contribution in [2.24, 2.45) is 0 Å². The van der Waals surface area contributed by atoms with E-state index in [1.165, 1.54) is 6.07 Å². The lowest BCUT2D eigenvalue weighted by Crippen LogP contribution is -2.17. The smallest absolute Gasteiger partial charge is 0.335 e. The predicted molar refractivity (Wildman–Crippen MR) is 80.0 cm³/mol. The van der Waals surface area contributed by atoms with E-state index in [-0.39, 0.29) is 17.8 Å². The average Bonchev–Trinajstić information content (AvgIpc) is 2.50. The molecule has 0 fully saturated rings. The Bertz CT molecular complexity index is 432. The molecule has 118 valence electrons. The second-order valence-electron chi connectivity index (χ2n) is 4.95. The molecule has 2 unspecified atom stereocenters. The molecule has 1 N–H and O–H groups in total. The van der Waals surface area contributed by atoms with Crippen LogP contribution in [0.4, 0.5) is 0 Å². The van der Waals surface area contributed by atoms with Gasteiger partial charge in [0.2, 0.25) is 0 Å². The quantitative estimate of drug-likeness (QED) is 0.719. The maximum Gasteiger partial charge on any atom is 0.335 e. The maximum absolute atomic E-state index is 10.9. The van der Waals surface area contributed by atoms with Gasteiger partial charge >= 0.3 is 5.97 Å². The van der Waals surface area contributed by atoms with Crippen LogP contribution in [0.15, 0.2) is 24.3 Å². The third kappa shape index (κ3) is 6.60. The Labute approximate surface area is 125 Å². The van der Waals surface area contributed by atoms with Crippen LogP contribution in [0.2, 0.25) is 0 Å². The minimum absolute atomic E-state index is 0.116. The van der Waals surface area contributed by atoms with Crippen LogP contribution in [0.5, 0.6) is 5.75 Å². The summed E-state index contributed by atoms with van der Waals surface area (Å²) in [7, 11) is 3.39. The van der Waals surface area contributed by atoms with Gasteiger partial charge in [0.15, 0.2) is 0 Å². The van der Waals surface area contributed by atoms with Gasteiger partial charge in [-0.05, 0) is 38.0 Å². The van der Waals surface area contributed by atoms with Crippen molar-refractivity contribution in [3.63, 3.8) is 0 Å². The Morgan fingerprint density at radius 1 is 1.19 bits per heavy atom. The van der Waals surface area contributed by atoms with Gasteiger partial charge < -0.3 is 19.3 Å². The van der Waals surface area contributed by atoms with Crippen molar-refractivity contribution in [2.45, 2.75) is 38.4 Å². The second kappa shape index (κ2) is 9.37. The molecule has 0 aliphatic heterocycles. The average molecular weight is 296 g/mol. The van der Waals surface area contributed by atoms with Gasteiger partial charge in [-0.3, -0.25) is 0 Å². The van der Waals surface area contributed by atoms with Crippen molar-refractivity contribution >= 4 is 5.97 Å². The van der Waals surface area contributed by atoms with Crippen LogP contribution in [0.1, 0.15) is 36.5 Å². The summed E-state index contributed by atoms with van der Waals surface area (Å²) < 4.78 is 16.2. The molecule has 21 heavy (non-hydrogen) atoms. The van der Waals surface area contributed by atoms with Gasteiger partial charge in [0, 0.05) is 20.6 Å². The molecule has 0 saturated carbocycles. The molecular formula is C16H24O5. The number of carboxylic acids is 1. The van der Waals surface area contributed by atoms with Crippen LogP contribution >= 0.6 is 0 Å². The first-order chi connectivity index (χ1) is 10.1. The Morgan fingerprint density at radius 2 is 1.95 bits per heavy atom. The Kier molecular flexibility index (Phi) is 7.79. The van der Waals surface area contributed by atoms with Gasteiger partial charge in [-0.2, -0.15) is 0 Å².